The van der Waals surface area contributed by atoms with E-state index in [4.69, 9.17) is 0 Å². The molecule has 0 saturated heterocycles. The molecule has 0 N–H and O–H groups in total. The first-order valence-corrected chi connectivity index (χ1v) is 6.74. The first-order valence-electron chi connectivity index (χ1n) is 5.79. The van der Waals surface area contributed by atoms with Crippen molar-refractivity contribution in [2.45, 2.75) is 13.8 Å². The molecule has 0 spiro atoms. The Labute approximate surface area is 109 Å². The van der Waals surface area contributed by atoms with Gasteiger partial charge in [-0.05, 0) is 26.0 Å². The number of anilines is 1. The highest BCUT2D eigenvalue weighted by molar-refractivity contribution is 7.07. The maximum Gasteiger partial charge on any atom is 0.150 e. The van der Waals surface area contributed by atoms with Crippen molar-refractivity contribution >= 4 is 17.0 Å². The number of nitrogens with zero attached hydrogens (tertiary/aromatic N) is 2. The number of halogens is 2. The van der Waals surface area contributed by atoms with Gasteiger partial charge in [-0.1, -0.05) is 0 Å². The lowest BCUT2D eigenvalue weighted by molar-refractivity contribution is 0.574. The fourth-order valence-electron chi connectivity index (χ4n) is 1.91. The second kappa shape index (κ2) is 5.44. The Hall–Kier alpha value is -1.49. The second-order valence-corrected chi connectivity index (χ2v) is 4.55. The molecule has 0 fully saturated rings. The number of hydrogen-bond acceptors (Lipinski definition) is 3. The van der Waals surface area contributed by atoms with Gasteiger partial charge in [-0.3, -0.25) is 0 Å². The van der Waals surface area contributed by atoms with E-state index in [-0.39, 0.29) is 5.69 Å². The van der Waals surface area contributed by atoms with Crippen molar-refractivity contribution in [1.82, 2.24) is 4.98 Å². The fraction of sp³-hybridized carbons (Fsp3) is 0.308. The first-order chi connectivity index (χ1) is 8.67. The molecule has 2 rings (SSSR count). The zero-order valence-corrected chi connectivity index (χ0v) is 11.1. The normalized spacial score (nSPS) is 10.7. The van der Waals surface area contributed by atoms with Gasteiger partial charge in [0.1, 0.15) is 17.3 Å². The molecule has 0 amide bonds. The summed E-state index contributed by atoms with van der Waals surface area (Å²) >= 11 is 1.40. The summed E-state index contributed by atoms with van der Waals surface area (Å²) in [4.78, 5) is 5.72. The van der Waals surface area contributed by atoms with Crippen LogP contribution in [-0.2, 0) is 0 Å². The third kappa shape index (κ3) is 2.36. The van der Waals surface area contributed by atoms with Gasteiger partial charge < -0.3 is 4.90 Å². The minimum atomic E-state index is -0.540. The van der Waals surface area contributed by atoms with E-state index in [0.717, 1.165) is 0 Å². The Bertz CT molecular complexity index is 499. The van der Waals surface area contributed by atoms with Crippen LogP contribution in [0.25, 0.3) is 11.3 Å². The van der Waals surface area contributed by atoms with Crippen LogP contribution in [0.1, 0.15) is 13.8 Å². The molecule has 2 aromatic rings. The van der Waals surface area contributed by atoms with E-state index in [2.05, 4.69) is 4.98 Å². The molecule has 0 atom stereocenters. The minimum absolute atomic E-state index is 0.0407. The first kappa shape index (κ1) is 13.0. The molecule has 0 radical (unpaired) electrons. The summed E-state index contributed by atoms with van der Waals surface area (Å²) in [7, 11) is 0. The summed E-state index contributed by atoms with van der Waals surface area (Å²) in [5.74, 6) is -1.08. The SMILES string of the molecule is CCN(CC)c1c(F)cc(-c2cscn2)cc1F. The van der Waals surface area contributed by atoms with Crippen LogP contribution < -0.4 is 4.90 Å². The predicted molar refractivity (Wildman–Crippen MR) is 71.0 cm³/mol. The molecule has 1 aromatic heterocycles. The topological polar surface area (TPSA) is 16.1 Å². The van der Waals surface area contributed by atoms with Crippen molar-refractivity contribution < 1.29 is 8.78 Å². The molecular weight excluding hydrogens is 254 g/mol. The van der Waals surface area contributed by atoms with Crippen LogP contribution >= 0.6 is 11.3 Å². The smallest absolute Gasteiger partial charge is 0.150 e. The minimum Gasteiger partial charge on any atom is -0.367 e. The van der Waals surface area contributed by atoms with Crippen LogP contribution in [0.15, 0.2) is 23.0 Å². The van der Waals surface area contributed by atoms with Gasteiger partial charge in [0.05, 0.1) is 11.2 Å². The van der Waals surface area contributed by atoms with Gasteiger partial charge in [-0.25, -0.2) is 13.8 Å². The summed E-state index contributed by atoms with van der Waals surface area (Å²) < 4.78 is 28.0. The highest BCUT2D eigenvalue weighted by atomic mass is 32.1. The standard InChI is InChI=1S/C13H14F2N2S/c1-3-17(4-2)13-10(14)5-9(6-11(13)15)12-7-18-8-16-12/h5-8H,3-4H2,1-2H3. The van der Waals surface area contributed by atoms with Crippen LogP contribution in [0.2, 0.25) is 0 Å². The molecule has 0 aliphatic rings. The largest absolute Gasteiger partial charge is 0.367 e. The molecule has 0 saturated carbocycles. The molecule has 0 unspecified atom stereocenters. The van der Waals surface area contributed by atoms with Crippen molar-refractivity contribution in [3.8, 4) is 11.3 Å². The molecule has 0 aliphatic heterocycles. The molecule has 0 aliphatic carbocycles. The van der Waals surface area contributed by atoms with Gasteiger partial charge >= 0.3 is 0 Å². The Balaban J connectivity index is 2.47. The number of hydrogen-bond donors (Lipinski definition) is 0. The molecule has 1 aromatic carbocycles. The quantitative estimate of drug-likeness (QED) is 0.835. The molecule has 18 heavy (non-hydrogen) atoms. The summed E-state index contributed by atoms with van der Waals surface area (Å²) in [6.45, 7) is 4.88. The van der Waals surface area contributed by atoms with E-state index in [1.165, 1.54) is 23.5 Å². The summed E-state index contributed by atoms with van der Waals surface area (Å²) in [5.41, 5.74) is 2.76. The predicted octanol–water partition coefficient (Wildman–Crippen LogP) is 3.93. The van der Waals surface area contributed by atoms with Gasteiger partial charge in [-0.2, -0.15) is 0 Å². The molecule has 0 bridgehead atoms. The highest BCUT2D eigenvalue weighted by Crippen LogP contribution is 2.29. The van der Waals surface area contributed by atoms with Crippen molar-refractivity contribution in [1.29, 1.82) is 0 Å². The zero-order chi connectivity index (χ0) is 13.1. The van der Waals surface area contributed by atoms with E-state index < -0.39 is 11.6 Å². The summed E-state index contributed by atoms with van der Waals surface area (Å²) in [6.07, 6.45) is 0. The third-order valence-corrected chi connectivity index (χ3v) is 3.41. The van der Waals surface area contributed by atoms with Crippen molar-refractivity contribution in [2.75, 3.05) is 18.0 Å². The molecule has 1 heterocycles. The Morgan fingerprint density at radius 1 is 1.17 bits per heavy atom. The lowest BCUT2D eigenvalue weighted by Gasteiger charge is -2.22. The number of benzene rings is 1. The Morgan fingerprint density at radius 3 is 2.22 bits per heavy atom. The fourth-order valence-corrected chi connectivity index (χ4v) is 2.47. The van der Waals surface area contributed by atoms with Gasteiger partial charge in [0.15, 0.2) is 0 Å². The maximum atomic E-state index is 14.0. The molecule has 96 valence electrons. The number of thiazole rings is 1. The lowest BCUT2D eigenvalue weighted by Crippen LogP contribution is -2.24. The molecule has 2 nitrogen and oxygen atoms in total. The van der Waals surface area contributed by atoms with Gasteiger partial charge in [0, 0.05) is 24.0 Å². The summed E-state index contributed by atoms with van der Waals surface area (Å²) in [5, 5.41) is 1.77. The van der Waals surface area contributed by atoms with E-state index in [9.17, 15) is 8.78 Å². The number of rotatable bonds is 4. The van der Waals surface area contributed by atoms with Crippen LogP contribution in [0.3, 0.4) is 0 Å². The Morgan fingerprint density at radius 2 is 1.78 bits per heavy atom. The average molecular weight is 268 g/mol. The van der Waals surface area contributed by atoms with Gasteiger partial charge in [0.2, 0.25) is 0 Å². The third-order valence-electron chi connectivity index (χ3n) is 2.82. The van der Waals surface area contributed by atoms with Crippen LogP contribution in [0, 0.1) is 11.6 Å². The summed E-state index contributed by atoms with van der Waals surface area (Å²) in [6, 6.07) is 2.68. The van der Waals surface area contributed by atoms with Crippen LogP contribution in [0.4, 0.5) is 14.5 Å². The van der Waals surface area contributed by atoms with E-state index in [0.29, 0.717) is 24.3 Å². The van der Waals surface area contributed by atoms with E-state index >= 15 is 0 Å². The zero-order valence-electron chi connectivity index (χ0n) is 10.3. The van der Waals surface area contributed by atoms with Gasteiger partial charge in [0.25, 0.3) is 0 Å². The molecule has 5 heteroatoms. The van der Waals surface area contributed by atoms with Crippen molar-refractivity contribution in [3.05, 3.63) is 34.7 Å². The Kier molecular flexibility index (Phi) is 3.91. The van der Waals surface area contributed by atoms with Crippen LogP contribution in [-0.4, -0.2) is 18.1 Å². The maximum absolute atomic E-state index is 14.0. The van der Waals surface area contributed by atoms with E-state index in [1.54, 1.807) is 15.8 Å². The molecular formula is C13H14F2N2S. The van der Waals surface area contributed by atoms with Gasteiger partial charge in [-0.15, -0.1) is 11.3 Å². The lowest BCUT2D eigenvalue weighted by atomic mass is 10.1. The highest BCUT2D eigenvalue weighted by Gasteiger charge is 2.16. The monoisotopic (exact) mass is 268 g/mol. The van der Waals surface area contributed by atoms with Crippen molar-refractivity contribution in [2.24, 2.45) is 0 Å². The van der Waals surface area contributed by atoms with E-state index in [1.807, 2.05) is 13.8 Å². The average Bonchev–Trinajstić information content (AvgIpc) is 2.87. The van der Waals surface area contributed by atoms with Crippen molar-refractivity contribution in [3.63, 3.8) is 0 Å². The van der Waals surface area contributed by atoms with Crippen LogP contribution in [0.5, 0.6) is 0 Å². The second-order valence-electron chi connectivity index (χ2n) is 3.83. The number of aromatic nitrogens is 1.